The van der Waals surface area contributed by atoms with Crippen molar-refractivity contribution in [3.63, 3.8) is 0 Å². The molecule has 1 aromatic carbocycles. The van der Waals surface area contributed by atoms with Gasteiger partial charge >= 0.3 is 0 Å². The summed E-state index contributed by atoms with van der Waals surface area (Å²) >= 11 is 0. The summed E-state index contributed by atoms with van der Waals surface area (Å²) in [5, 5.41) is 4.36. The summed E-state index contributed by atoms with van der Waals surface area (Å²) in [5.41, 5.74) is 3.08. The molecule has 3 atom stereocenters. The minimum Gasteiger partial charge on any atom is -0.334 e. The molecule has 4 heterocycles. The van der Waals surface area contributed by atoms with E-state index in [2.05, 4.69) is 50.4 Å². The predicted molar refractivity (Wildman–Crippen MR) is 101 cm³/mol. The van der Waals surface area contributed by atoms with Gasteiger partial charge in [-0.25, -0.2) is 9.97 Å². The lowest BCUT2D eigenvalue weighted by Crippen LogP contribution is -2.27. The first kappa shape index (κ1) is 16.6. The molecule has 6 nitrogen and oxygen atoms in total. The van der Waals surface area contributed by atoms with Crippen LogP contribution in [-0.4, -0.2) is 37.6 Å². The van der Waals surface area contributed by atoms with Crippen LogP contribution in [0.1, 0.15) is 54.1 Å². The molecule has 2 aliphatic heterocycles. The Morgan fingerprint density at radius 3 is 2.78 bits per heavy atom. The number of nitrogens with zero attached hydrogens (tertiary/aromatic N) is 5. The maximum atomic E-state index is 5.61. The van der Waals surface area contributed by atoms with Crippen LogP contribution >= 0.6 is 0 Å². The van der Waals surface area contributed by atoms with Crippen molar-refractivity contribution in [1.29, 1.82) is 0 Å². The van der Waals surface area contributed by atoms with Crippen LogP contribution in [0.4, 0.5) is 0 Å². The summed E-state index contributed by atoms with van der Waals surface area (Å²) in [6.07, 6.45) is 5.25. The first-order valence-corrected chi connectivity index (χ1v) is 9.65. The molecule has 27 heavy (non-hydrogen) atoms. The van der Waals surface area contributed by atoms with E-state index in [-0.39, 0.29) is 0 Å². The second kappa shape index (κ2) is 6.53. The van der Waals surface area contributed by atoms with Gasteiger partial charge in [-0.05, 0) is 45.2 Å². The molecule has 2 saturated heterocycles. The van der Waals surface area contributed by atoms with Crippen LogP contribution in [0, 0.1) is 13.8 Å². The summed E-state index contributed by atoms with van der Waals surface area (Å²) in [6.45, 7) is 4.98. The molecule has 0 N–H and O–H groups in total. The topological polar surface area (TPSA) is 67.9 Å². The Labute approximate surface area is 158 Å². The zero-order valence-electron chi connectivity index (χ0n) is 15.7. The third kappa shape index (κ3) is 2.84. The molecule has 0 saturated carbocycles. The van der Waals surface area contributed by atoms with Crippen molar-refractivity contribution in [2.75, 3.05) is 6.54 Å². The van der Waals surface area contributed by atoms with E-state index < -0.39 is 0 Å². The van der Waals surface area contributed by atoms with E-state index in [1.165, 1.54) is 18.4 Å². The number of hydrogen-bond donors (Lipinski definition) is 0. The third-order valence-electron chi connectivity index (χ3n) is 5.97. The molecule has 3 aromatic rings. The van der Waals surface area contributed by atoms with Crippen LogP contribution in [0.5, 0.6) is 0 Å². The fourth-order valence-electron chi connectivity index (χ4n) is 4.74. The van der Waals surface area contributed by atoms with Gasteiger partial charge in [-0.15, -0.1) is 0 Å². The predicted octanol–water partition coefficient (Wildman–Crippen LogP) is 3.84. The Morgan fingerprint density at radius 1 is 1.11 bits per heavy atom. The maximum Gasteiger partial charge on any atom is 0.261 e. The van der Waals surface area contributed by atoms with E-state index >= 15 is 0 Å². The minimum absolute atomic E-state index is 0.307. The molecular formula is C21H23N5O. The van der Waals surface area contributed by atoms with Crippen molar-refractivity contribution in [3.8, 4) is 11.5 Å². The molecule has 0 aliphatic carbocycles. The van der Waals surface area contributed by atoms with Gasteiger partial charge in [-0.1, -0.05) is 35.5 Å². The highest BCUT2D eigenvalue weighted by atomic mass is 16.5. The molecule has 6 heteroatoms. The third-order valence-corrected chi connectivity index (χ3v) is 5.97. The first-order valence-electron chi connectivity index (χ1n) is 9.65. The van der Waals surface area contributed by atoms with Gasteiger partial charge in [0.1, 0.15) is 5.82 Å². The number of hydrogen-bond acceptors (Lipinski definition) is 6. The van der Waals surface area contributed by atoms with Crippen LogP contribution < -0.4 is 0 Å². The zero-order valence-corrected chi connectivity index (χ0v) is 15.7. The van der Waals surface area contributed by atoms with Crippen molar-refractivity contribution < 1.29 is 4.52 Å². The highest BCUT2D eigenvalue weighted by molar-refractivity contribution is 5.54. The van der Waals surface area contributed by atoms with E-state index in [1.54, 1.807) is 6.20 Å². The quantitative estimate of drug-likeness (QED) is 0.706. The fraction of sp³-hybridized carbons (Fsp3) is 0.429. The highest BCUT2D eigenvalue weighted by Gasteiger charge is 2.46. The molecule has 2 unspecified atom stereocenters. The Kier molecular flexibility index (Phi) is 4.01. The molecule has 2 fully saturated rings. The fourth-order valence-corrected chi connectivity index (χ4v) is 4.74. The standard InChI is InChI=1S/C21H23N5O/c1-13-17(12-22-14(2)23-13)21-24-20(25-27-21)16-11-19(15-7-4-3-5-8-15)26-10-6-9-18(16)26/h3-5,7-8,12,16,18-19H,6,9-11H2,1-2H3/t16?,18-,19?/m0/s1. The van der Waals surface area contributed by atoms with Crippen LogP contribution in [0.25, 0.3) is 11.5 Å². The number of fused-ring (bicyclic) bond motifs is 1. The molecule has 138 valence electrons. The zero-order chi connectivity index (χ0) is 18.4. The van der Waals surface area contributed by atoms with Crippen LogP contribution in [0.2, 0.25) is 0 Å². The lowest BCUT2D eigenvalue weighted by Gasteiger charge is -2.24. The molecule has 0 bridgehead atoms. The van der Waals surface area contributed by atoms with E-state index in [0.29, 0.717) is 23.9 Å². The van der Waals surface area contributed by atoms with E-state index in [0.717, 1.165) is 35.9 Å². The van der Waals surface area contributed by atoms with Crippen LogP contribution in [0.15, 0.2) is 41.1 Å². The van der Waals surface area contributed by atoms with Crippen molar-refractivity contribution >= 4 is 0 Å². The Morgan fingerprint density at radius 2 is 1.96 bits per heavy atom. The molecule has 0 radical (unpaired) electrons. The smallest absolute Gasteiger partial charge is 0.261 e. The largest absolute Gasteiger partial charge is 0.334 e. The van der Waals surface area contributed by atoms with Gasteiger partial charge in [0, 0.05) is 24.2 Å². The van der Waals surface area contributed by atoms with E-state index in [4.69, 9.17) is 9.51 Å². The number of aromatic nitrogens is 4. The van der Waals surface area contributed by atoms with Crippen molar-refractivity contribution in [2.24, 2.45) is 0 Å². The normalized spacial score (nSPS) is 25.0. The van der Waals surface area contributed by atoms with Crippen molar-refractivity contribution in [2.45, 2.75) is 51.1 Å². The number of aryl methyl sites for hydroxylation is 2. The Balaban J connectivity index is 1.46. The van der Waals surface area contributed by atoms with Crippen LogP contribution in [-0.2, 0) is 0 Å². The summed E-state index contributed by atoms with van der Waals surface area (Å²) < 4.78 is 5.61. The summed E-state index contributed by atoms with van der Waals surface area (Å²) in [5.74, 6) is 2.40. The molecule has 2 aromatic heterocycles. The monoisotopic (exact) mass is 361 g/mol. The number of benzene rings is 1. The minimum atomic E-state index is 0.307. The Hall–Kier alpha value is -2.60. The molecule has 0 spiro atoms. The van der Waals surface area contributed by atoms with E-state index in [1.807, 2.05) is 13.8 Å². The Bertz CT molecular complexity index is 954. The van der Waals surface area contributed by atoms with Gasteiger partial charge in [0.2, 0.25) is 0 Å². The molecule has 5 rings (SSSR count). The SMILES string of the molecule is Cc1ncc(-c2nc(C3CC(c4ccccc4)N4CCC[C@@H]34)no2)c(C)n1. The second-order valence-electron chi connectivity index (χ2n) is 7.59. The van der Waals surface area contributed by atoms with Gasteiger partial charge in [0.15, 0.2) is 5.82 Å². The number of rotatable bonds is 3. The second-order valence-corrected chi connectivity index (χ2v) is 7.59. The van der Waals surface area contributed by atoms with Crippen LogP contribution in [0.3, 0.4) is 0 Å². The lowest BCUT2D eigenvalue weighted by molar-refractivity contribution is 0.243. The first-order chi connectivity index (χ1) is 13.2. The van der Waals surface area contributed by atoms with Crippen molar-refractivity contribution in [3.05, 3.63) is 59.4 Å². The average Bonchev–Trinajstić information content (AvgIpc) is 3.39. The lowest BCUT2D eigenvalue weighted by atomic mass is 9.94. The summed E-state index contributed by atoms with van der Waals surface area (Å²) in [6, 6.07) is 11.7. The molecule has 2 aliphatic rings. The molecular weight excluding hydrogens is 338 g/mol. The van der Waals surface area contributed by atoms with Gasteiger partial charge < -0.3 is 4.52 Å². The summed E-state index contributed by atoms with van der Waals surface area (Å²) in [4.78, 5) is 16.1. The summed E-state index contributed by atoms with van der Waals surface area (Å²) in [7, 11) is 0. The van der Waals surface area contributed by atoms with E-state index in [9.17, 15) is 0 Å². The van der Waals surface area contributed by atoms with Gasteiger partial charge in [-0.2, -0.15) is 4.98 Å². The highest BCUT2D eigenvalue weighted by Crippen LogP contribution is 2.48. The van der Waals surface area contributed by atoms with Crippen molar-refractivity contribution in [1.82, 2.24) is 25.0 Å². The van der Waals surface area contributed by atoms with Gasteiger partial charge in [-0.3, -0.25) is 4.90 Å². The maximum absolute atomic E-state index is 5.61. The average molecular weight is 361 g/mol. The van der Waals surface area contributed by atoms with Gasteiger partial charge in [0.25, 0.3) is 5.89 Å². The molecule has 0 amide bonds. The van der Waals surface area contributed by atoms with Gasteiger partial charge in [0.05, 0.1) is 11.3 Å².